The van der Waals surface area contributed by atoms with Crippen molar-refractivity contribution >= 4 is 23.1 Å². The quantitative estimate of drug-likeness (QED) is 0.487. The van der Waals surface area contributed by atoms with Crippen molar-refractivity contribution in [2.75, 3.05) is 29.9 Å². The molecule has 7 heteroatoms. The fraction of sp³-hybridized carbons (Fsp3) is 0.286. The van der Waals surface area contributed by atoms with Crippen LogP contribution in [0.3, 0.4) is 0 Å². The number of aryl methyl sites for hydroxylation is 1. The molecule has 1 aromatic heterocycles. The normalized spacial score (nSPS) is 13.1. The molecule has 0 spiro atoms. The van der Waals surface area contributed by atoms with Crippen molar-refractivity contribution in [2.45, 2.75) is 6.92 Å². The number of nitro groups is 1. The Morgan fingerprint density at radius 2 is 1.90 bits per heavy atom. The molecule has 108 valence electrons. The second kappa shape index (κ2) is 5.01. The van der Waals surface area contributed by atoms with Crippen LogP contribution in [0.25, 0.3) is 0 Å². The standard InChI is InChI=1S/C14H15N5O2/c1-10-12(19(20)21)13(16-14(15-10)18-8-9-18)17(2)11-6-4-3-5-7-11/h3-7H,8-9H2,1-2H3. The molecule has 0 aliphatic carbocycles. The van der Waals surface area contributed by atoms with Crippen molar-refractivity contribution in [1.29, 1.82) is 0 Å². The summed E-state index contributed by atoms with van der Waals surface area (Å²) in [5, 5.41) is 11.4. The third kappa shape index (κ3) is 2.49. The summed E-state index contributed by atoms with van der Waals surface area (Å²) in [5.74, 6) is 0.872. The second-order valence-corrected chi connectivity index (χ2v) is 4.92. The van der Waals surface area contributed by atoms with Gasteiger partial charge in [-0.15, -0.1) is 0 Å². The third-order valence-electron chi connectivity index (χ3n) is 3.40. The van der Waals surface area contributed by atoms with Gasteiger partial charge in [0.25, 0.3) is 0 Å². The molecule has 0 bridgehead atoms. The predicted molar refractivity (Wildman–Crippen MR) is 80.1 cm³/mol. The molecule has 1 aliphatic heterocycles. The molecule has 0 saturated carbocycles. The second-order valence-electron chi connectivity index (χ2n) is 4.92. The Kier molecular flexibility index (Phi) is 3.17. The highest BCUT2D eigenvalue weighted by molar-refractivity contribution is 5.70. The lowest BCUT2D eigenvalue weighted by molar-refractivity contribution is -0.385. The maximum Gasteiger partial charge on any atom is 0.333 e. The minimum atomic E-state index is -0.421. The van der Waals surface area contributed by atoms with Crippen LogP contribution in [-0.4, -0.2) is 35.0 Å². The molecule has 1 aliphatic rings. The van der Waals surface area contributed by atoms with Gasteiger partial charge in [-0.25, -0.2) is 4.98 Å². The van der Waals surface area contributed by atoms with Gasteiger partial charge in [-0.05, 0) is 19.1 Å². The van der Waals surface area contributed by atoms with E-state index < -0.39 is 4.92 Å². The fourth-order valence-electron chi connectivity index (χ4n) is 2.15. The number of rotatable bonds is 4. The van der Waals surface area contributed by atoms with Gasteiger partial charge in [-0.3, -0.25) is 10.1 Å². The lowest BCUT2D eigenvalue weighted by Crippen LogP contribution is -2.16. The molecular weight excluding hydrogens is 270 g/mol. The topological polar surface area (TPSA) is 75.2 Å². The van der Waals surface area contributed by atoms with E-state index in [9.17, 15) is 10.1 Å². The van der Waals surface area contributed by atoms with Crippen LogP contribution >= 0.6 is 0 Å². The molecule has 1 fully saturated rings. The van der Waals surface area contributed by atoms with Crippen LogP contribution in [0.5, 0.6) is 0 Å². The Labute approximate surface area is 122 Å². The first kappa shape index (κ1) is 13.3. The Balaban J connectivity index is 2.12. The van der Waals surface area contributed by atoms with Gasteiger partial charge in [0.1, 0.15) is 5.69 Å². The minimum Gasteiger partial charge on any atom is -0.337 e. The number of para-hydroxylation sites is 1. The molecule has 0 N–H and O–H groups in total. The van der Waals surface area contributed by atoms with E-state index in [1.807, 2.05) is 35.2 Å². The van der Waals surface area contributed by atoms with E-state index >= 15 is 0 Å². The number of hydrogen-bond acceptors (Lipinski definition) is 6. The first-order valence-corrected chi connectivity index (χ1v) is 6.64. The third-order valence-corrected chi connectivity index (χ3v) is 3.40. The van der Waals surface area contributed by atoms with E-state index in [0.29, 0.717) is 17.5 Å². The molecule has 2 heterocycles. The summed E-state index contributed by atoms with van der Waals surface area (Å²) >= 11 is 0. The fourth-order valence-corrected chi connectivity index (χ4v) is 2.15. The predicted octanol–water partition coefficient (Wildman–Crippen LogP) is 2.28. The SMILES string of the molecule is Cc1nc(N2CC2)nc(N(C)c2ccccc2)c1[N+](=O)[O-]. The van der Waals surface area contributed by atoms with Crippen LogP contribution in [0.2, 0.25) is 0 Å². The van der Waals surface area contributed by atoms with Gasteiger partial charge >= 0.3 is 5.69 Å². The summed E-state index contributed by atoms with van der Waals surface area (Å²) in [6.07, 6.45) is 0. The Bertz CT molecular complexity index is 685. The molecular formula is C14H15N5O2. The van der Waals surface area contributed by atoms with Gasteiger partial charge in [0.2, 0.25) is 11.8 Å². The molecule has 21 heavy (non-hydrogen) atoms. The van der Waals surface area contributed by atoms with E-state index in [1.54, 1.807) is 18.9 Å². The zero-order valence-electron chi connectivity index (χ0n) is 11.9. The average molecular weight is 285 g/mol. The first-order chi connectivity index (χ1) is 10.1. The molecule has 1 aromatic carbocycles. The van der Waals surface area contributed by atoms with E-state index in [2.05, 4.69) is 9.97 Å². The zero-order valence-corrected chi connectivity index (χ0v) is 11.9. The van der Waals surface area contributed by atoms with Gasteiger partial charge in [-0.1, -0.05) is 18.2 Å². The lowest BCUT2D eigenvalue weighted by Gasteiger charge is -2.19. The van der Waals surface area contributed by atoms with Crippen molar-refractivity contribution in [1.82, 2.24) is 9.97 Å². The first-order valence-electron chi connectivity index (χ1n) is 6.64. The molecule has 0 atom stereocenters. The summed E-state index contributed by atoms with van der Waals surface area (Å²) in [6.45, 7) is 3.44. The largest absolute Gasteiger partial charge is 0.337 e. The highest BCUT2D eigenvalue weighted by atomic mass is 16.6. The highest BCUT2D eigenvalue weighted by Crippen LogP contribution is 2.34. The van der Waals surface area contributed by atoms with E-state index in [4.69, 9.17) is 0 Å². The van der Waals surface area contributed by atoms with Gasteiger partial charge in [-0.2, -0.15) is 4.98 Å². The Morgan fingerprint density at radius 3 is 2.48 bits per heavy atom. The summed E-state index contributed by atoms with van der Waals surface area (Å²) in [6, 6.07) is 9.45. The maximum atomic E-state index is 11.4. The molecule has 0 radical (unpaired) electrons. The highest BCUT2D eigenvalue weighted by Gasteiger charge is 2.29. The average Bonchev–Trinajstić information content (AvgIpc) is 3.30. The monoisotopic (exact) mass is 285 g/mol. The number of benzene rings is 1. The van der Waals surface area contributed by atoms with Crippen LogP contribution in [0, 0.1) is 17.0 Å². The molecule has 3 rings (SSSR count). The summed E-state index contributed by atoms with van der Waals surface area (Å²) in [5.41, 5.74) is 1.18. The van der Waals surface area contributed by atoms with Crippen LogP contribution in [0.15, 0.2) is 30.3 Å². The number of nitrogens with zero attached hydrogens (tertiary/aromatic N) is 5. The number of hydrogen-bond donors (Lipinski definition) is 0. The summed E-state index contributed by atoms with van der Waals surface area (Å²) in [7, 11) is 1.77. The summed E-state index contributed by atoms with van der Waals surface area (Å²) < 4.78 is 0. The number of anilines is 3. The maximum absolute atomic E-state index is 11.4. The molecule has 0 amide bonds. The van der Waals surface area contributed by atoms with Crippen molar-refractivity contribution in [3.63, 3.8) is 0 Å². The Morgan fingerprint density at radius 1 is 1.24 bits per heavy atom. The van der Waals surface area contributed by atoms with Crippen molar-refractivity contribution < 1.29 is 4.92 Å². The van der Waals surface area contributed by atoms with Crippen LogP contribution in [0.4, 0.5) is 23.1 Å². The van der Waals surface area contributed by atoms with Gasteiger partial charge in [0.05, 0.1) is 4.92 Å². The van der Waals surface area contributed by atoms with Crippen LogP contribution < -0.4 is 9.80 Å². The zero-order chi connectivity index (χ0) is 15.0. The van der Waals surface area contributed by atoms with E-state index in [-0.39, 0.29) is 5.69 Å². The molecule has 2 aromatic rings. The van der Waals surface area contributed by atoms with Crippen molar-refractivity contribution in [2.24, 2.45) is 0 Å². The van der Waals surface area contributed by atoms with Gasteiger partial charge < -0.3 is 9.80 Å². The lowest BCUT2D eigenvalue weighted by atomic mass is 10.2. The minimum absolute atomic E-state index is 0.0491. The van der Waals surface area contributed by atoms with Crippen LogP contribution in [0.1, 0.15) is 5.69 Å². The smallest absolute Gasteiger partial charge is 0.333 e. The summed E-state index contributed by atoms with van der Waals surface area (Å²) in [4.78, 5) is 23.3. The van der Waals surface area contributed by atoms with Crippen molar-refractivity contribution in [3.05, 3.63) is 46.1 Å². The molecule has 0 unspecified atom stereocenters. The molecule has 1 saturated heterocycles. The number of aromatic nitrogens is 2. The Hall–Kier alpha value is -2.70. The van der Waals surface area contributed by atoms with Crippen molar-refractivity contribution in [3.8, 4) is 0 Å². The molecule has 7 nitrogen and oxygen atoms in total. The van der Waals surface area contributed by atoms with Gasteiger partial charge in [0.15, 0.2) is 0 Å². The van der Waals surface area contributed by atoms with E-state index in [1.165, 1.54) is 0 Å². The van der Waals surface area contributed by atoms with Gasteiger partial charge in [0, 0.05) is 25.8 Å². The van der Waals surface area contributed by atoms with Crippen LogP contribution in [-0.2, 0) is 0 Å². The van der Waals surface area contributed by atoms with E-state index in [0.717, 1.165) is 18.8 Å².